The van der Waals surface area contributed by atoms with Crippen molar-refractivity contribution in [3.05, 3.63) is 42.5 Å². The quantitative estimate of drug-likeness (QED) is 0.427. The Hall–Kier alpha value is -2.09. The van der Waals surface area contributed by atoms with Gasteiger partial charge in [0.05, 0.1) is 12.0 Å². The third-order valence-electron chi connectivity index (χ3n) is 4.61. The highest BCUT2D eigenvalue weighted by Gasteiger charge is 2.40. The van der Waals surface area contributed by atoms with Crippen molar-refractivity contribution in [2.75, 3.05) is 6.61 Å². The average Bonchev–Trinajstić information content (AvgIpc) is 2.91. The minimum Gasteiger partial charge on any atom is -0.490 e. The van der Waals surface area contributed by atoms with Crippen LogP contribution in [-0.4, -0.2) is 34.8 Å². The summed E-state index contributed by atoms with van der Waals surface area (Å²) in [7, 11) is 0. The van der Waals surface area contributed by atoms with E-state index in [4.69, 9.17) is 4.74 Å². The summed E-state index contributed by atoms with van der Waals surface area (Å²) in [5.74, 6) is 5.81. The topological polar surface area (TPSA) is 66.8 Å². The van der Waals surface area contributed by atoms with E-state index >= 15 is 0 Å². The molecule has 1 aromatic carbocycles. The molecule has 26 heavy (non-hydrogen) atoms. The summed E-state index contributed by atoms with van der Waals surface area (Å²) in [6.07, 6.45) is 6.32. The van der Waals surface area contributed by atoms with Gasteiger partial charge in [-0.15, -0.1) is 0 Å². The lowest BCUT2D eigenvalue weighted by Gasteiger charge is -2.15. The highest BCUT2D eigenvalue weighted by molar-refractivity contribution is 5.84. The lowest BCUT2D eigenvalue weighted by Crippen LogP contribution is -2.21. The van der Waals surface area contributed by atoms with Crippen LogP contribution in [0.2, 0.25) is 0 Å². The number of unbranched alkanes of at least 4 members (excludes halogenated alkanes) is 2. The Morgan fingerprint density at radius 3 is 2.81 bits per heavy atom. The molecule has 0 amide bonds. The van der Waals surface area contributed by atoms with Gasteiger partial charge in [0.25, 0.3) is 0 Å². The molecule has 1 aliphatic carbocycles. The van der Waals surface area contributed by atoms with E-state index in [2.05, 4.69) is 17.9 Å². The van der Waals surface area contributed by atoms with Crippen molar-refractivity contribution in [2.45, 2.75) is 51.2 Å². The fraction of sp³-hybridized carbons (Fsp3) is 0.500. The van der Waals surface area contributed by atoms with E-state index in [1.807, 2.05) is 43.3 Å². The summed E-state index contributed by atoms with van der Waals surface area (Å²) >= 11 is 0. The smallest absolute Gasteiger partial charge is 0.148 e. The average molecular weight is 356 g/mol. The Labute approximate surface area is 155 Å². The lowest BCUT2D eigenvalue weighted by atomic mass is 9.89. The van der Waals surface area contributed by atoms with E-state index in [-0.39, 0.29) is 24.7 Å². The van der Waals surface area contributed by atoms with Gasteiger partial charge < -0.3 is 14.9 Å². The SMILES string of the molecule is C/C=C/CCCC[C@H]1C(=O)C[C@@H](O)[C@@H]1C#C[C@@H](O)COc1ccccc1. The van der Waals surface area contributed by atoms with Crippen molar-refractivity contribution < 1.29 is 19.7 Å². The molecule has 1 saturated carbocycles. The van der Waals surface area contributed by atoms with Crippen LogP contribution in [-0.2, 0) is 4.79 Å². The number of benzene rings is 1. The molecule has 1 aromatic rings. The van der Waals surface area contributed by atoms with Crippen LogP contribution in [0.25, 0.3) is 0 Å². The molecule has 0 aliphatic heterocycles. The maximum absolute atomic E-state index is 12.1. The first kappa shape index (κ1) is 20.2. The molecule has 140 valence electrons. The zero-order valence-electron chi connectivity index (χ0n) is 15.3. The van der Waals surface area contributed by atoms with Gasteiger partial charge in [-0.05, 0) is 38.3 Å². The number of aliphatic hydroxyl groups excluding tert-OH is 2. The van der Waals surface area contributed by atoms with Crippen LogP contribution < -0.4 is 4.74 Å². The van der Waals surface area contributed by atoms with Crippen LogP contribution in [0.3, 0.4) is 0 Å². The van der Waals surface area contributed by atoms with E-state index in [1.54, 1.807) is 0 Å². The van der Waals surface area contributed by atoms with Gasteiger partial charge in [-0.3, -0.25) is 4.79 Å². The van der Waals surface area contributed by atoms with Gasteiger partial charge in [-0.1, -0.05) is 48.6 Å². The van der Waals surface area contributed by atoms with Crippen LogP contribution >= 0.6 is 0 Å². The third-order valence-corrected chi connectivity index (χ3v) is 4.61. The first-order valence-corrected chi connectivity index (χ1v) is 9.30. The van der Waals surface area contributed by atoms with Crippen molar-refractivity contribution >= 4 is 5.78 Å². The maximum Gasteiger partial charge on any atom is 0.148 e. The zero-order valence-corrected chi connectivity index (χ0v) is 15.3. The van der Waals surface area contributed by atoms with Gasteiger partial charge in [0, 0.05) is 12.3 Å². The highest BCUT2D eigenvalue weighted by Crippen LogP contribution is 2.32. The summed E-state index contributed by atoms with van der Waals surface area (Å²) in [4.78, 5) is 12.1. The molecular formula is C22H28O4. The minimum absolute atomic E-state index is 0.0573. The number of hydrogen-bond acceptors (Lipinski definition) is 4. The van der Waals surface area contributed by atoms with Gasteiger partial charge in [0.15, 0.2) is 0 Å². The number of aliphatic hydroxyl groups is 2. The molecule has 0 spiro atoms. The van der Waals surface area contributed by atoms with E-state index in [0.717, 1.165) is 25.7 Å². The zero-order chi connectivity index (χ0) is 18.8. The monoisotopic (exact) mass is 356 g/mol. The van der Waals surface area contributed by atoms with Crippen LogP contribution in [0.5, 0.6) is 5.75 Å². The fourth-order valence-corrected chi connectivity index (χ4v) is 3.21. The largest absolute Gasteiger partial charge is 0.490 e. The molecule has 0 bridgehead atoms. The van der Waals surface area contributed by atoms with Gasteiger partial charge >= 0.3 is 0 Å². The molecule has 2 N–H and O–H groups in total. The van der Waals surface area contributed by atoms with Crippen molar-refractivity contribution in [3.8, 4) is 17.6 Å². The van der Waals surface area contributed by atoms with Crippen molar-refractivity contribution in [1.82, 2.24) is 0 Å². The summed E-state index contributed by atoms with van der Waals surface area (Å²) in [6, 6.07) is 9.22. The Kier molecular flexibility index (Phi) is 8.40. The number of ether oxygens (including phenoxy) is 1. The van der Waals surface area contributed by atoms with Crippen LogP contribution in [0.4, 0.5) is 0 Å². The van der Waals surface area contributed by atoms with Crippen LogP contribution in [0.1, 0.15) is 39.0 Å². The molecule has 1 fully saturated rings. The second-order valence-electron chi connectivity index (χ2n) is 6.65. The number of ketones is 1. The normalized spacial score (nSPS) is 23.7. The van der Waals surface area contributed by atoms with Gasteiger partial charge in [0.1, 0.15) is 24.2 Å². The lowest BCUT2D eigenvalue weighted by molar-refractivity contribution is -0.121. The Morgan fingerprint density at radius 1 is 1.31 bits per heavy atom. The second kappa shape index (κ2) is 10.8. The minimum atomic E-state index is -0.951. The Bertz CT molecular complexity index is 641. The van der Waals surface area contributed by atoms with Crippen molar-refractivity contribution in [3.63, 3.8) is 0 Å². The van der Waals surface area contributed by atoms with Gasteiger partial charge in [0.2, 0.25) is 0 Å². The first-order chi connectivity index (χ1) is 12.6. The van der Waals surface area contributed by atoms with Gasteiger partial charge in [-0.25, -0.2) is 0 Å². The number of rotatable bonds is 8. The molecular weight excluding hydrogens is 328 g/mol. The fourth-order valence-electron chi connectivity index (χ4n) is 3.21. The Balaban J connectivity index is 1.86. The van der Waals surface area contributed by atoms with E-state index < -0.39 is 18.1 Å². The molecule has 0 heterocycles. The van der Waals surface area contributed by atoms with Gasteiger partial charge in [-0.2, -0.15) is 0 Å². The number of allylic oxidation sites excluding steroid dienone is 2. The maximum atomic E-state index is 12.1. The molecule has 0 unspecified atom stereocenters. The predicted molar refractivity (Wildman–Crippen MR) is 102 cm³/mol. The number of para-hydroxylation sites is 1. The molecule has 0 saturated heterocycles. The molecule has 1 aliphatic rings. The number of carbonyl (C=O) groups excluding carboxylic acids is 1. The summed E-state index contributed by atoms with van der Waals surface area (Å²) < 4.78 is 5.47. The van der Waals surface area contributed by atoms with E-state index in [9.17, 15) is 15.0 Å². The van der Waals surface area contributed by atoms with Crippen molar-refractivity contribution in [2.24, 2.45) is 11.8 Å². The number of carbonyl (C=O) groups is 1. The Morgan fingerprint density at radius 2 is 2.08 bits per heavy atom. The second-order valence-corrected chi connectivity index (χ2v) is 6.65. The van der Waals surface area contributed by atoms with Crippen LogP contribution in [0, 0.1) is 23.7 Å². The van der Waals surface area contributed by atoms with Crippen LogP contribution in [0.15, 0.2) is 42.5 Å². The summed E-state index contributed by atoms with van der Waals surface area (Å²) in [6.45, 7) is 2.05. The molecule has 2 rings (SSSR count). The standard InChI is InChI=1S/C22H28O4/c1-2-3-4-5-9-12-19-20(22(25)15-21(19)24)14-13-17(23)16-26-18-10-7-6-8-11-18/h2-3,6-8,10-11,17,19-20,22-23,25H,4-5,9,12,15-16H2,1H3/b3-2+/t17-,19-,20-,22-/m1/s1. The highest BCUT2D eigenvalue weighted by atomic mass is 16.5. The van der Waals surface area contributed by atoms with E-state index in [0.29, 0.717) is 5.75 Å². The number of hydrogen-bond donors (Lipinski definition) is 2. The third kappa shape index (κ3) is 6.33. The van der Waals surface area contributed by atoms with Crippen molar-refractivity contribution in [1.29, 1.82) is 0 Å². The molecule has 4 atom stereocenters. The molecule has 4 nitrogen and oxygen atoms in total. The predicted octanol–water partition coefficient (Wildman–Crippen LogP) is 3.13. The summed E-state index contributed by atoms with van der Waals surface area (Å²) in [5, 5.41) is 20.2. The summed E-state index contributed by atoms with van der Waals surface area (Å²) in [5.41, 5.74) is 0. The molecule has 0 aromatic heterocycles. The first-order valence-electron chi connectivity index (χ1n) is 9.30. The van der Waals surface area contributed by atoms with E-state index in [1.165, 1.54) is 0 Å². The molecule has 4 heteroatoms. The number of Topliss-reactive ketones (excluding diaryl/α,β-unsaturated/α-hetero) is 1. The molecule has 0 radical (unpaired) electrons.